The van der Waals surface area contributed by atoms with E-state index >= 15 is 0 Å². The van der Waals surface area contributed by atoms with Crippen LogP contribution in [0, 0.1) is 0 Å². The highest BCUT2D eigenvalue weighted by Gasteiger charge is 2.31. The molecule has 0 heterocycles. The molecule has 3 amide bonds. The molecule has 0 radical (unpaired) electrons. The topological polar surface area (TPSA) is 214 Å². The number of halogens is 1. The monoisotopic (exact) mass is 589 g/mol. The lowest BCUT2D eigenvalue weighted by Gasteiger charge is -2.25. The predicted molar refractivity (Wildman–Crippen MR) is 152 cm³/mol. The zero-order chi connectivity index (χ0) is 30.4. The Morgan fingerprint density at radius 1 is 0.732 bits per heavy atom. The lowest BCUT2D eigenvalue weighted by atomic mass is 10.0. The minimum absolute atomic E-state index is 0.0297. The van der Waals surface area contributed by atoms with E-state index in [4.69, 9.17) is 28.2 Å². The van der Waals surface area contributed by atoms with E-state index in [0.29, 0.717) is 42.0 Å². The number of rotatable bonds is 17. The van der Waals surface area contributed by atoms with Gasteiger partial charge in [-0.2, -0.15) is 0 Å². The molecule has 0 aliphatic rings. The molecule has 41 heavy (non-hydrogen) atoms. The summed E-state index contributed by atoms with van der Waals surface area (Å²) >= 11 is 5.98. The number of hydrogen-bond acceptors (Lipinski definition) is 7. The highest BCUT2D eigenvalue weighted by atomic mass is 35.5. The first-order valence-electron chi connectivity index (χ1n) is 13.1. The number of amides is 3. The Morgan fingerprint density at radius 3 is 1.76 bits per heavy atom. The van der Waals surface area contributed by atoms with Gasteiger partial charge in [-0.15, -0.1) is 0 Å². The summed E-state index contributed by atoms with van der Waals surface area (Å²) in [6, 6.07) is 10.2. The summed E-state index contributed by atoms with van der Waals surface area (Å²) in [5.74, 6) is -5.14. The Morgan fingerprint density at radius 2 is 1.24 bits per heavy atom. The van der Waals surface area contributed by atoms with Gasteiger partial charge in [0.1, 0.15) is 18.1 Å². The molecular formula is C28H36ClN5O7. The lowest BCUT2D eigenvalue weighted by molar-refractivity contribution is -0.147. The Balaban J connectivity index is 2.30. The van der Waals surface area contributed by atoms with E-state index in [1.165, 1.54) is 0 Å². The zero-order valence-electron chi connectivity index (χ0n) is 22.4. The molecule has 0 saturated heterocycles. The third kappa shape index (κ3) is 12.0. The lowest BCUT2D eigenvalue weighted by Crippen LogP contribution is -2.58. The Bertz CT molecular complexity index is 1180. The number of carboxylic acids is 2. The minimum Gasteiger partial charge on any atom is -0.481 e. The van der Waals surface area contributed by atoms with Crippen LogP contribution >= 0.6 is 11.6 Å². The van der Waals surface area contributed by atoms with E-state index in [1.54, 1.807) is 54.6 Å². The summed E-state index contributed by atoms with van der Waals surface area (Å²) in [5, 5.41) is 26.4. The Kier molecular flexibility index (Phi) is 13.7. The summed E-state index contributed by atoms with van der Waals surface area (Å²) in [6.07, 6.45) is 0.825. The van der Waals surface area contributed by atoms with Crippen LogP contribution in [-0.4, -0.2) is 70.6 Å². The van der Waals surface area contributed by atoms with Gasteiger partial charge in [0, 0.05) is 17.9 Å². The van der Waals surface area contributed by atoms with Crippen molar-refractivity contribution in [1.29, 1.82) is 0 Å². The van der Waals surface area contributed by atoms with Crippen molar-refractivity contribution in [1.82, 2.24) is 16.0 Å². The molecule has 222 valence electrons. The van der Waals surface area contributed by atoms with Crippen LogP contribution in [-0.2, 0) is 36.8 Å². The van der Waals surface area contributed by atoms with Crippen LogP contribution < -0.4 is 27.4 Å². The van der Waals surface area contributed by atoms with Crippen LogP contribution in [0.15, 0.2) is 54.6 Å². The van der Waals surface area contributed by atoms with Gasteiger partial charge in [0.2, 0.25) is 17.7 Å². The maximum absolute atomic E-state index is 13.5. The molecule has 2 aromatic carbocycles. The van der Waals surface area contributed by atoms with Crippen molar-refractivity contribution < 1.29 is 34.2 Å². The van der Waals surface area contributed by atoms with Gasteiger partial charge in [-0.3, -0.25) is 19.2 Å². The van der Waals surface area contributed by atoms with Gasteiger partial charge in [-0.25, -0.2) is 4.79 Å². The largest absolute Gasteiger partial charge is 0.481 e. The van der Waals surface area contributed by atoms with E-state index in [1.807, 2.05) is 0 Å². The highest BCUT2D eigenvalue weighted by molar-refractivity contribution is 6.30. The molecule has 0 spiro atoms. The fourth-order valence-electron chi connectivity index (χ4n) is 3.96. The Hall–Kier alpha value is -4.00. The molecule has 2 aromatic rings. The number of nitrogens with one attached hydrogen (secondary N) is 3. The first-order valence-corrected chi connectivity index (χ1v) is 13.5. The van der Waals surface area contributed by atoms with E-state index in [2.05, 4.69) is 16.0 Å². The molecule has 0 aromatic heterocycles. The van der Waals surface area contributed by atoms with Crippen molar-refractivity contribution in [2.24, 2.45) is 11.5 Å². The number of unbranched alkanes of at least 4 members (excludes halogenated alkanes) is 1. The standard InChI is InChI=1S/C28H36ClN5O7/c29-19-11-9-18(10-12-19)15-21(32-25(37)20(31)8-4-5-13-30)26(38)33-22(14-17-6-2-1-3-7-17)27(39)34-23(28(40)41)16-24(35)36/h1-3,6-7,9-12,20-23H,4-5,8,13-16,30-31H2,(H,32,37)(H,33,38)(H,34,39)(H,35,36)(H,40,41)/t20-,21+,22+,23+/m1/s1. The third-order valence-electron chi connectivity index (χ3n) is 6.20. The van der Waals surface area contributed by atoms with Gasteiger partial charge in [0.15, 0.2) is 0 Å². The predicted octanol–water partition coefficient (Wildman–Crippen LogP) is 0.595. The maximum Gasteiger partial charge on any atom is 0.326 e. The molecule has 4 atom stereocenters. The number of nitrogens with two attached hydrogens (primary N) is 2. The fraction of sp³-hybridized carbons (Fsp3) is 0.393. The highest BCUT2D eigenvalue weighted by Crippen LogP contribution is 2.12. The normalized spacial score (nSPS) is 13.7. The molecular weight excluding hydrogens is 554 g/mol. The van der Waals surface area contributed by atoms with E-state index in [9.17, 15) is 29.1 Å². The average Bonchev–Trinajstić information content (AvgIpc) is 2.93. The first kappa shape index (κ1) is 33.2. The molecule has 0 aliphatic heterocycles. The SMILES string of the molecule is NCCCC[C@@H](N)C(=O)N[C@@H](Cc1ccc(Cl)cc1)C(=O)N[C@@H](Cc1ccccc1)C(=O)N[C@@H](CC(=O)O)C(=O)O. The summed E-state index contributed by atoms with van der Waals surface area (Å²) in [6.45, 7) is 0.454. The Labute approximate surface area is 242 Å². The second-order valence-electron chi connectivity index (χ2n) is 9.53. The molecule has 0 unspecified atom stereocenters. The zero-order valence-corrected chi connectivity index (χ0v) is 23.2. The molecule has 0 saturated carbocycles. The molecule has 0 bridgehead atoms. The van der Waals surface area contributed by atoms with Gasteiger partial charge in [-0.05, 0) is 42.6 Å². The van der Waals surface area contributed by atoms with Crippen LogP contribution in [0.2, 0.25) is 5.02 Å². The van der Waals surface area contributed by atoms with Gasteiger partial charge < -0.3 is 37.6 Å². The quantitative estimate of drug-likeness (QED) is 0.128. The smallest absolute Gasteiger partial charge is 0.326 e. The van der Waals surface area contributed by atoms with Crippen molar-refractivity contribution in [3.8, 4) is 0 Å². The number of carbonyl (C=O) groups excluding carboxylic acids is 3. The van der Waals surface area contributed by atoms with E-state index < -0.39 is 60.2 Å². The second-order valence-corrected chi connectivity index (χ2v) is 9.97. The number of benzene rings is 2. The van der Waals surface area contributed by atoms with Crippen molar-refractivity contribution in [2.75, 3.05) is 6.54 Å². The number of carbonyl (C=O) groups is 5. The van der Waals surface area contributed by atoms with Crippen LogP contribution in [0.4, 0.5) is 0 Å². The first-order chi connectivity index (χ1) is 19.5. The van der Waals surface area contributed by atoms with Crippen LogP contribution in [0.3, 0.4) is 0 Å². The molecule has 0 fully saturated rings. The van der Waals surface area contributed by atoms with Crippen molar-refractivity contribution in [3.63, 3.8) is 0 Å². The molecule has 9 N–H and O–H groups in total. The second kappa shape index (κ2) is 17.0. The number of hydrogen-bond donors (Lipinski definition) is 7. The van der Waals surface area contributed by atoms with Crippen molar-refractivity contribution >= 4 is 41.3 Å². The molecule has 12 nitrogen and oxygen atoms in total. The number of aliphatic carboxylic acids is 2. The van der Waals surface area contributed by atoms with Crippen LogP contribution in [0.1, 0.15) is 36.8 Å². The van der Waals surface area contributed by atoms with E-state index in [0.717, 1.165) is 0 Å². The summed E-state index contributed by atoms with van der Waals surface area (Å²) in [5.41, 5.74) is 12.9. The van der Waals surface area contributed by atoms with Gasteiger partial charge >= 0.3 is 11.9 Å². The summed E-state index contributed by atoms with van der Waals surface area (Å²) < 4.78 is 0. The molecule has 2 rings (SSSR count). The maximum atomic E-state index is 13.5. The average molecular weight is 590 g/mol. The molecule has 0 aliphatic carbocycles. The van der Waals surface area contributed by atoms with Crippen molar-refractivity contribution in [2.45, 2.75) is 62.7 Å². The molecule has 13 heteroatoms. The van der Waals surface area contributed by atoms with Gasteiger partial charge in [-0.1, -0.05) is 60.5 Å². The van der Waals surface area contributed by atoms with Gasteiger partial charge in [0.25, 0.3) is 0 Å². The minimum atomic E-state index is -1.72. The fourth-order valence-corrected chi connectivity index (χ4v) is 4.09. The third-order valence-corrected chi connectivity index (χ3v) is 6.45. The summed E-state index contributed by atoms with van der Waals surface area (Å²) in [7, 11) is 0. The van der Waals surface area contributed by atoms with E-state index in [-0.39, 0.29) is 12.8 Å². The number of carboxylic acid groups (broad SMARTS) is 2. The summed E-state index contributed by atoms with van der Waals surface area (Å²) in [4.78, 5) is 62.2. The van der Waals surface area contributed by atoms with Crippen LogP contribution in [0.25, 0.3) is 0 Å². The van der Waals surface area contributed by atoms with Crippen LogP contribution in [0.5, 0.6) is 0 Å². The van der Waals surface area contributed by atoms with Gasteiger partial charge in [0.05, 0.1) is 12.5 Å². The van der Waals surface area contributed by atoms with Crippen molar-refractivity contribution in [3.05, 3.63) is 70.7 Å².